The third-order valence-corrected chi connectivity index (χ3v) is 7.79. The van der Waals surface area contributed by atoms with Crippen molar-refractivity contribution in [2.45, 2.75) is 20.3 Å². The van der Waals surface area contributed by atoms with E-state index in [1.165, 1.54) is 4.90 Å². The Kier molecular flexibility index (Phi) is 3.83. The fraction of sp³-hybridized carbons (Fsp3) is 0.346. The summed E-state index contributed by atoms with van der Waals surface area (Å²) in [5.41, 5.74) is 3.90. The Hall–Kier alpha value is -3.21. The molecule has 3 amide bonds. The van der Waals surface area contributed by atoms with Crippen molar-refractivity contribution in [3.05, 3.63) is 71.3 Å². The van der Waals surface area contributed by atoms with Gasteiger partial charge in [0.05, 0.1) is 17.5 Å². The number of benzene rings is 2. The molecule has 0 spiro atoms. The summed E-state index contributed by atoms with van der Waals surface area (Å²) in [4.78, 5) is 40.8. The summed E-state index contributed by atoms with van der Waals surface area (Å²) < 4.78 is 0. The second kappa shape index (κ2) is 6.39. The summed E-state index contributed by atoms with van der Waals surface area (Å²) >= 11 is 0. The van der Waals surface area contributed by atoms with E-state index in [0.717, 1.165) is 23.2 Å². The Balaban J connectivity index is 1.28. The number of nitrogens with one attached hydrogen (secondary N) is 1. The minimum atomic E-state index is -0.260. The highest BCUT2D eigenvalue weighted by molar-refractivity contribution is 6.23. The number of amides is 3. The van der Waals surface area contributed by atoms with Gasteiger partial charge in [0.25, 0.3) is 5.91 Å². The first-order valence-electron chi connectivity index (χ1n) is 11.0. The van der Waals surface area contributed by atoms with E-state index in [-0.39, 0.29) is 41.4 Å². The summed E-state index contributed by atoms with van der Waals surface area (Å²) in [5, 5.41) is 2.91. The fourth-order valence-corrected chi connectivity index (χ4v) is 6.02. The molecule has 2 saturated carbocycles. The lowest BCUT2D eigenvalue weighted by Crippen LogP contribution is -2.40. The van der Waals surface area contributed by atoms with Gasteiger partial charge in [0.15, 0.2) is 0 Å². The number of allylic oxidation sites excluding steroid dienone is 2. The van der Waals surface area contributed by atoms with Crippen LogP contribution in [0.15, 0.2) is 54.6 Å². The molecule has 0 radical (unpaired) electrons. The van der Waals surface area contributed by atoms with Crippen molar-refractivity contribution in [3.8, 4) is 0 Å². The first kappa shape index (κ1) is 18.6. The van der Waals surface area contributed by atoms with Gasteiger partial charge in [-0.1, -0.05) is 24.3 Å². The van der Waals surface area contributed by atoms with Crippen LogP contribution < -0.4 is 10.2 Å². The van der Waals surface area contributed by atoms with Crippen LogP contribution >= 0.6 is 0 Å². The quantitative estimate of drug-likeness (QED) is 0.609. The zero-order valence-electron chi connectivity index (χ0n) is 17.5. The normalized spacial score (nSPS) is 32.1. The third-order valence-electron chi connectivity index (χ3n) is 7.79. The minimum absolute atomic E-state index is 0.105. The number of rotatable bonds is 3. The van der Waals surface area contributed by atoms with Crippen LogP contribution in [0.2, 0.25) is 0 Å². The molecule has 2 bridgehead atoms. The van der Waals surface area contributed by atoms with Gasteiger partial charge in [-0.05, 0) is 85.4 Å². The maximum absolute atomic E-state index is 13.3. The van der Waals surface area contributed by atoms with Crippen molar-refractivity contribution < 1.29 is 14.4 Å². The smallest absolute Gasteiger partial charge is 0.255 e. The Morgan fingerprint density at radius 1 is 0.903 bits per heavy atom. The molecule has 3 fully saturated rings. The molecule has 5 aliphatic rings. The molecule has 1 heterocycles. The fourth-order valence-electron chi connectivity index (χ4n) is 6.02. The summed E-state index contributed by atoms with van der Waals surface area (Å²) in [6, 6.07) is 12.6. The Labute approximate surface area is 181 Å². The molecule has 1 aliphatic heterocycles. The van der Waals surface area contributed by atoms with Crippen molar-refractivity contribution in [1.82, 2.24) is 0 Å². The van der Waals surface area contributed by atoms with E-state index in [0.29, 0.717) is 23.1 Å². The van der Waals surface area contributed by atoms with Gasteiger partial charge < -0.3 is 5.32 Å². The Bertz CT molecular complexity index is 1150. The van der Waals surface area contributed by atoms with Crippen LogP contribution in [0.1, 0.15) is 27.9 Å². The van der Waals surface area contributed by atoms with Gasteiger partial charge >= 0.3 is 0 Å². The highest BCUT2D eigenvalue weighted by Crippen LogP contribution is 2.65. The van der Waals surface area contributed by atoms with Crippen LogP contribution in [0.4, 0.5) is 11.4 Å². The lowest BCUT2D eigenvalue weighted by atomic mass is 9.63. The zero-order valence-corrected chi connectivity index (χ0v) is 17.5. The second-order valence-electron chi connectivity index (χ2n) is 9.47. The topological polar surface area (TPSA) is 66.5 Å². The van der Waals surface area contributed by atoms with Crippen molar-refractivity contribution in [1.29, 1.82) is 0 Å². The van der Waals surface area contributed by atoms with Crippen LogP contribution in [0.25, 0.3) is 0 Å². The molecule has 0 aromatic heterocycles. The van der Waals surface area contributed by atoms with Crippen LogP contribution in [0.5, 0.6) is 0 Å². The molecule has 5 heteroatoms. The number of hydrogen-bond acceptors (Lipinski definition) is 3. The predicted octanol–water partition coefficient (Wildman–Crippen LogP) is 4.11. The van der Waals surface area contributed by atoms with E-state index in [4.69, 9.17) is 0 Å². The van der Waals surface area contributed by atoms with Gasteiger partial charge in [0.1, 0.15) is 0 Å². The number of nitrogens with zero attached hydrogens (tertiary/aromatic N) is 1. The maximum atomic E-state index is 13.3. The van der Waals surface area contributed by atoms with Gasteiger partial charge in [-0.3, -0.25) is 14.4 Å². The molecule has 1 N–H and O–H groups in total. The zero-order chi connectivity index (χ0) is 21.4. The molecule has 6 atom stereocenters. The highest BCUT2D eigenvalue weighted by atomic mass is 16.2. The van der Waals surface area contributed by atoms with E-state index >= 15 is 0 Å². The first-order chi connectivity index (χ1) is 14.9. The number of carbonyl (C=O) groups excluding carboxylic acids is 3. The molecule has 2 aromatic carbocycles. The van der Waals surface area contributed by atoms with Crippen LogP contribution in [0.3, 0.4) is 0 Å². The van der Waals surface area contributed by atoms with Gasteiger partial charge in [0.2, 0.25) is 11.8 Å². The highest BCUT2D eigenvalue weighted by Gasteiger charge is 2.67. The SMILES string of the molecule is Cc1ccc(NC(=O)c2cccc(N3C(=O)[C@@H]4[C@H]5C=C[C@@H]([C@@H]6C[C@H]56)[C@H]4C3=O)c2)cc1C. The molecule has 0 unspecified atom stereocenters. The maximum Gasteiger partial charge on any atom is 0.255 e. The summed E-state index contributed by atoms with van der Waals surface area (Å²) in [6.07, 6.45) is 5.48. The average Bonchev–Trinajstić information content (AvgIpc) is 3.54. The molecule has 2 aromatic rings. The predicted molar refractivity (Wildman–Crippen MR) is 118 cm³/mol. The number of aryl methyl sites for hydroxylation is 2. The van der Waals surface area contributed by atoms with E-state index in [1.54, 1.807) is 24.3 Å². The van der Waals surface area contributed by atoms with Gasteiger partial charge in [-0.15, -0.1) is 0 Å². The standard InChI is InChI=1S/C26H24N2O3/c1-13-6-7-16(10-14(13)2)27-24(29)15-4-3-5-17(11-15)28-25(30)22-18-8-9-19(21-12-20(18)21)23(22)26(28)31/h3-11,18-23H,12H2,1-2H3,(H,27,29)/t18-,19-,20-,21+,22+,23+/m0/s1. The summed E-state index contributed by atoms with van der Waals surface area (Å²) in [7, 11) is 0. The van der Waals surface area contributed by atoms with Crippen molar-refractivity contribution in [2.24, 2.45) is 35.5 Å². The number of carbonyl (C=O) groups is 3. The molecule has 1 saturated heterocycles. The monoisotopic (exact) mass is 412 g/mol. The number of hydrogen-bond donors (Lipinski definition) is 1. The minimum Gasteiger partial charge on any atom is -0.322 e. The van der Waals surface area contributed by atoms with Gasteiger partial charge in [-0.2, -0.15) is 0 Å². The molecule has 4 aliphatic carbocycles. The summed E-state index contributed by atoms with van der Waals surface area (Å²) in [6.45, 7) is 4.03. The van der Waals surface area contributed by atoms with Crippen LogP contribution in [0, 0.1) is 49.4 Å². The van der Waals surface area contributed by atoms with E-state index < -0.39 is 0 Å². The molecular formula is C26H24N2O3. The van der Waals surface area contributed by atoms with Gasteiger partial charge in [0, 0.05) is 11.3 Å². The largest absolute Gasteiger partial charge is 0.322 e. The van der Waals surface area contributed by atoms with Crippen molar-refractivity contribution in [3.63, 3.8) is 0 Å². The van der Waals surface area contributed by atoms with Crippen LogP contribution in [-0.2, 0) is 9.59 Å². The van der Waals surface area contributed by atoms with E-state index in [2.05, 4.69) is 17.5 Å². The lowest BCUT2D eigenvalue weighted by molar-refractivity contribution is -0.124. The molecule has 31 heavy (non-hydrogen) atoms. The first-order valence-corrected chi connectivity index (χ1v) is 11.0. The van der Waals surface area contributed by atoms with Gasteiger partial charge in [-0.25, -0.2) is 4.90 Å². The lowest BCUT2D eigenvalue weighted by Gasteiger charge is -2.37. The van der Waals surface area contributed by atoms with Crippen LogP contribution in [-0.4, -0.2) is 17.7 Å². The number of anilines is 2. The van der Waals surface area contributed by atoms with Crippen molar-refractivity contribution in [2.75, 3.05) is 10.2 Å². The van der Waals surface area contributed by atoms with E-state index in [9.17, 15) is 14.4 Å². The Morgan fingerprint density at radius 2 is 1.58 bits per heavy atom. The third kappa shape index (κ3) is 2.65. The van der Waals surface area contributed by atoms with Crippen molar-refractivity contribution >= 4 is 29.1 Å². The van der Waals surface area contributed by atoms with E-state index in [1.807, 2.05) is 32.0 Å². The average molecular weight is 412 g/mol. The molecule has 5 nitrogen and oxygen atoms in total. The molecular weight excluding hydrogens is 388 g/mol. The Morgan fingerprint density at radius 3 is 2.23 bits per heavy atom. The molecule has 7 rings (SSSR count). The second-order valence-corrected chi connectivity index (χ2v) is 9.47. The molecule has 156 valence electrons. The summed E-state index contributed by atoms with van der Waals surface area (Å²) in [5.74, 6) is 0.586. The number of imide groups is 1.